The summed E-state index contributed by atoms with van der Waals surface area (Å²) in [5.41, 5.74) is 7.34. The van der Waals surface area contributed by atoms with Gasteiger partial charge in [0, 0.05) is 37.9 Å². The van der Waals surface area contributed by atoms with Crippen molar-refractivity contribution in [3.05, 3.63) is 24.0 Å². The first-order valence-corrected chi connectivity index (χ1v) is 8.17. The molecule has 1 aromatic heterocycles. The summed E-state index contributed by atoms with van der Waals surface area (Å²) in [5, 5.41) is 0. The first-order valence-electron chi connectivity index (χ1n) is 8.17. The van der Waals surface area contributed by atoms with Gasteiger partial charge in [-0.3, -0.25) is 4.79 Å². The van der Waals surface area contributed by atoms with E-state index in [0.29, 0.717) is 12.3 Å². The highest BCUT2D eigenvalue weighted by Gasteiger charge is 2.29. The molecule has 2 rings (SSSR count). The average Bonchev–Trinajstić information content (AvgIpc) is 2.72. The van der Waals surface area contributed by atoms with Gasteiger partial charge in [0.15, 0.2) is 0 Å². The third-order valence-corrected chi connectivity index (χ3v) is 4.67. The maximum Gasteiger partial charge on any atom is 0.224 e. The van der Waals surface area contributed by atoms with Gasteiger partial charge in [0.1, 0.15) is 0 Å². The van der Waals surface area contributed by atoms with Crippen LogP contribution in [0.15, 0.2) is 18.3 Å². The van der Waals surface area contributed by atoms with Crippen LogP contribution in [0.5, 0.6) is 0 Å². The van der Waals surface area contributed by atoms with Crippen LogP contribution in [0.4, 0.5) is 0 Å². The molecule has 2 heterocycles. The van der Waals surface area contributed by atoms with Crippen LogP contribution >= 0.6 is 0 Å². The second-order valence-electron chi connectivity index (χ2n) is 6.61. The summed E-state index contributed by atoms with van der Waals surface area (Å²) in [6.07, 6.45) is 7.07. The Labute approximate surface area is 128 Å². The molecule has 2 unspecified atom stereocenters. The van der Waals surface area contributed by atoms with E-state index in [-0.39, 0.29) is 18.0 Å². The third-order valence-electron chi connectivity index (χ3n) is 4.67. The van der Waals surface area contributed by atoms with Gasteiger partial charge >= 0.3 is 0 Å². The number of likely N-dealkylation sites (tertiary alicyclic amines) is 1. The monoisotopic (exact) mass is 291 g/mol. The lowest BCUT2D eigenvalue weighted by Gasteiger charge is -2.32. The minimum absolute atomic E-state index is 0.0465. The zero-order chi connectivity index (χ0) is 15.4. The van der Waals surface area contributed by atoms with Crippen molar-refractivity contribution in [3.8, 4) is 0 Å². The quantitative estimate of drug-likeness (QED) is 0.927. The molecule has 1 aromatic rings. The summed E-state index contributed by atoms with van der Waals surface area (Å²) < 4.78 is 2.14. The van der Waals surface area contributed by atoms with Crippen molar-refractivity contribution >= 4 is 5.91 Å². The molecule has 0 aromatic carbocycles. The first kappa shape index (κ1) is 16.1. The van der Waals surface area contributed by atoms with Crippen LogP contribution in [0, 0.1) is 5.92 Å². The molecule has 1 aliphatic heterocycles. The fraction of sp³-hybridized carbons (Fsp3) is 0.706. The van der Waals surface area contributed by atoms with Crippen LogP contribution in [0.3, 0.4) is 0 Å². The van der Waals surface area contributed by atoms with Crippen molar-refractivity contribution in [1.82, 2.24) is 9.47 Å². The molecule has 2 N–H and O–H groups in total. The summed E-state index contributed by atoms with van der Waals surface area (Å²) >= 11 is 0. The number of hydrogen-bond donors (Lipinski definition) is 1. The largest absolute Gasteiger partial charge is 0.353 e. The number of nitrogens with zero attached hydrogens (tertiary/aromatic N) is 2. The number of aryl methyl sites for hydroxylation is 1. The Morgan fingerprint density at radius 3 is 2.76 bits per heavy atom. The number of rotatable bonds is 4. The minimum atomic E-state index is -0.0465. The summed E-state index contributed by atoms with van der Waals surface area (Å²) in [4.78, 5) is 14.8. The highest BCUT2D eigenvalue weighted by atomic mass is 16.2. The Kier molecular flexibility index (Phi) is 5.45. The van der Waals surface area contributed by atoms with E-state index in [9.17, 15) is 4.79 Å². The highest BCUT2D eigenvalue weighted by Crippen LogP contribution is 2.31. The normalized spacial score (nSPS) is 21.4. The van der Waals surface area contributed by atoms with Crippen molar-refractivity contribution in [3.63, 3.8) is 0 Å². The first-order chi connectivity index (χ1) is 10.0. The smallest absolute Gasteiger partial charge is 0.224 e. The predicted octanol–water partition coefficient (Wildman–Crippen LogP) is 2.84. The van der Waals surface area contributed by atoms with E-state index in [1.165, 1.54) is 18.5 Å². The van der Waals surface area contributed by atoms with E-state index >= 15 is 0 Å². The maximum atomic E-state index is 12.7. The van der Waals surface area contributed by atoms with E-state index in [1.54, 1.807) is 0 Å². The predicted molar refractivity (Wildman–Crippen MR) is 85.8 cm³/mol. The van der Waals surface area contributed by atoms with E-state index in [4.69, 9.17) is 5.73 Å². The van der Waals surface area contributed by atoms with Gasteiger partial charge in [-0.25, -0.2) is 0 Å². The van der Waals surface area contributed by atoms with Crippen LogP contribution in [-0.4, -0.2) is 28.0 Å². The Morgan fingerprint density at radius 1 is 1.38 bits per heavy atom. The molecule has 0 saturated carbocycles. The molecule has 1 aliphatic rings. The molecule has 2 atom stereocenters. The van der Waals surface area contributed by atoms with Gasteiger partial charge in [-0.2, -0.15) is 0 Å². The fourth-order valence-electron chi connectivity index (χ4n) is 3.09. The van der Waals surface area contributed by atoms with Gasteiger partial charge in [-0.1, -0.05) is 26.7 Å². The number of nitrogens with two attached hydrogens (primary N) is 1. The number of hydrogen-bond acceptors (Lipinski definition) is 2. The Hall–Kier alpha value is -1.29. The van der Waals surface area contributed by atoms with Crippen molar-refractivity contribution in [1.29, 1.82) is 0 Å². The molecule has 118 valence electrons. The summed E-state index contributed by atoms with van der Waals surface area (Å²) in [6, 6.07) is 4.36. The topological polar surface area (TPSA) is 51.3 Å². The molecular weight excluding hydrogens is 262 g/mol. The average molecular weight is 291 g/mol. The Balaban J connectivity index is 2.16. The van der Waals surface area contributed by atoms with Crippen molar-refractivity contribution < 1.29 is 4.79 Å². The van der Waals surface area contributed by atoms with Crippen LogP contribution in [0.2, 0.25) is 0 Å². The highest BCUT2D eigenvalue weighted by molar-refractivity contribution is 5.77. The zero-order valence-corrected chi connectivity index (χ0v) is 13.6. The number of aromatic nitrogens is 1. The van der Waals surface area contributed by atoms with Gasteiger partial charge in [0.2, 0.25) is 5.91 Å². The number of carbonyl (C=O) groups excluding carboxylic acids is 1. The molecule has 1 fully saturated rings. The van der Waals surface area contributed by atoms with Crippen LogP contribution in [0.25, 0.3) is 0 Å². The minimum Gasteiger partial charge on any atom is -0.353 e. The molecule has 0 radical (unpaired) electrons. The molecule has 1 amide bonds. The molecule has 0 spiro atoms. The number of amides is 1. The molecular formula is C17H29N3O. The second-order valence-corrected chi connectivity index (χ2v) is 6.61. The SMILES string of the molecule is CC(C)C(N)CC(=O)N1CCCCCC1c1cccn1C. The maximum absolute atomic E-state index is 12.7. The molecule has 0 bridgehead atoms. The fourth-order valence-corrected chi connectivity index (χ4v) is 3.09. The van der Waals surface area contributed by atoms with Gasteiger partial charge < -0.3 is 15.2 Å². The molecule has 4 heteroatoms. The lowest BCUT2D eigenvalue weighted by atomic mass is 10.00. The third kappa shape index (κ3) is 3.88. The van der Waals surface area contributed by atoms with Crippen molar-refractivity contribution in [2.24, 2.45) is 18.7 Å². The summed E-state index contributed by atoms with van der Waals surface area (Å²) in [6.45, 7) is 5.02. The lowest BCUT2D eigenvalue weighted by molar-refractivity contribution is -0.134. The van der Waals surface area contributed by atoms with Gasteiger partial charge in [-0.15, -0.1) is 0 Å². The van der Waals surface area contributed by atoms with E-state index in [0.717, 1.165) is 19.4 Å². The van der Waals surface area contributed by atoms with Gasteiger partial charge in [0.25, 0.3) is 0 Å². The standard InChI is InChI=1S/C17H29N3O/c1-13(2)14(18)12-17(21)20-11-6-4-5-8-16(20)15-9-7-10-19(15)3/h7,9-10,13-14,16H,4-6,8,11-12,18H2,1-3H3. The van der Waals surface area contributed by atoms with E-state index in [2.05, 4.69) is 48.7 Å². The lowest BCUT2D eigenvalue weighted by Crippen LogP contribution is -2.40. The van der Waals surface area contributed by atoms with Crippen LogP contribution < -0.4 is 5.73 Å². The van der Waals surface area contributed by atoms with E-state index < -0.39 is 0 Å². The van der Waals surface area contributed by atoms with Gasteiger partial charge in [0.05, 0.1) is 6.04 Å². The second kappa shape index (κ2) is 7.12. The van der Waals surface area contributed by atoms with Gasteiger partial charge in [-0.05, 0) is 30.9 Å². The van der Waals surface area contributed by atoms with Crippen LogP contribution in [0.1, 0.15) is 57.7 Å². The number of carbonyl (C=O) groups is 1. The van der Waals surface area contributed by atoms with Crippen LogP contribution in [-0.2, 0) is 11.8 Å². The molecule has 0 aliphatic carbocycles. The zero-order valence-electron chi connectivity index (χ0n) is 13.6. The van der Waals surface area contributed by atoms with E-state index in [1.807, 2.05) is 0 Å². The Morgan fingerprint density at radius 2 is 2.14 bits per heavy atom. The summed E-state index contributed by atoms with van der Waals surface area (Å²) in [7, 11) is 2.06. The summed E-state index contributed by atoms with van der Waals surface area (Å²) in [5.74, 6) is 0.554. The molecule has 21 heavy (non-hydrogen) atoms. The molecule has 1 saturated heterocycles. The van der Waals surface area contributed by atoms with Crippen molar-refractivity contribution in [2.75, 3.05) is 6.54 Å². The Bertz CT molecular complexity index is 466. The molecule has 4 nitrogen and oxygen atoms in total. The van der Waals surface area contributed by atoms with Crippen molar-refractivity contribution in [2.45, 2.75) is 58.0 Å².